The number of pyridine rings is 2. The molecule has 0 aliphatic heterocycles. The first-order valence-corrected chi connectivity index (χ1v) is 8.30. The molecule has 0 atom stereocenters. The summed E-state index contributed by atoms with van der Waals surface area (Å²) in [6, 6.07) is 16.3. The van der Waals surface area contributed by atoms with Crippen LogP contribution in [0, 0.1) is 0 Å². The van der Waals surface area contributed by atoms with Gasteiger partial charge in [0.15, 0.2) is 0 Å². The third-order valence-corrected chi connectivity index (χ3v) is 4.11. The van der Waals surface area contributed by atoms with Crippen molar-refractivity contribution in [2.75, 3.05) is 17.2 Å². The third-order valence-electron chi connectivity index (χ3n) is 4.11. The maximum absolute atomic E-state index is 4.33. The summed E-state index contributed by atoms with van der Waals surface area (Å²) in [5.74, 6) is 0. The number of aromatic nitrogens is 3. The van der Waals surface area contributed by atoms with Crippen LogP contribution in [0.1, 0.15) is 5.56 Å². The summed E-state index contributed by atoms with van der Waals surface area (Å²) < 4.78 is 0. The molecule has 3 heterocycles. The quantitative estimate of drug-likeness (QED) is 0.492. The van der Waals surface area contributed by atoms with Crippen molar-refractivity contribution in [1.82, 2.24) is 15.0 Å². The molecule has 1 aromatic carbocycles. The average molecular weight is 329 g/mol. The van der Waals surface area contributed by atoms with Crippen LogP contribution in [0.3, 0.4) is 0 Å². The minimum Gasteiger partial charge on any atom is -0.385 e. The fraction of sp³-hybridized carbons (Fsp3) is 0.100. The monoisotopic (exact) mass is 329 g/mol. The number of hydrogen-bond donors (Lipinski definition) is 3. The van der Waals surface area contributed by atoms with Gasteiger partial charge < -0.3 is 15.6 Å². The molecule has 5 heteroatoms. The standard InChI is InChI=1S/C20H19N5/c1-2-19-15(14-24-20(19)23-10-1)7-13-22-16-3-5-17(6-4-16)25-18-8-11-21-12-9-18/h1-6,8-12,14,22H,7,13H2,(H,21,25)(H,23,24). The van der Waals surface area contributed by atoms with Crippen LogP contribution in [-0.2, 0) is 6.42 Å². The Morgan fingerprint density at radius 1 is 0.840 bits per heavy atom. The molecule has 0 unspecified atom stereocenters. The fourth-order valence-electron chi connectivity index (χ4n) is 2.83. The topological polar surface area (TPSA) is 65.6 Å². The van der Waals surface area contributed by atoms with Crippen LogP contribution in [0.5, 0.6) is 0 Å². The van der Waals surface area contributed by atoms with Crippen molar-refractivity contribution < 1.29 is 0 Å². The Balaban J connectivity index is 1.34. The SMILES string of the molecule is c1cnc2[nH]cc(CCNc3ccc(Nc4ccncc4)cc3)c2c1. The van der Waals surface area contributed by atoms with Gasteiger partial charge in [0.2, 0.25) is 0 Å². The van der Waals surface area contributed by atoms with Gasteiger partial charge in [-0.15, -0.1) is 0 Å². The Hall–Kier alpha value is -3.34. The van der Waals surface area contributed by atoms with Crippen molar-refractivity contribution in [1.29, 1.82) is 0 Å². The Morgan fingerprint density at radius 3 is 2.44 bits per heavy atom. The number of fused-ring (bicyclic) bond motifs is 1. The van der Waals surface area contributed by atoms with E-state index in [0.29, 0.717) is 0 Å². The highest BCUT2D eigenvalue weighted by atomic mass is 14.9. The summed E-state index contributed by atoms with van der Waals surface area (Å²) in [7, 11) is 0. The van der Waals surface area contributed by atoms with Gasteiger partial charge in [0.1, 0.15) is 5.65 Å². The van der Waals surface area contributed by atoms with Crippen molar-refractivity contribution in [3.05, 3.63) is 78.9 Å². The molecule has 0 spiro atoms. The zero-order valence-electron chi connectivity index (χ0n) is 13.7. The maximum Gasteiger partial charge on any atom is 0.137 e. The maximum atomic E-state index is 4.33. The van der Waals surface area contributed by atoms with E-state index in [9.17, 15) is 0 Å². The Kier molecular flexibility index (Phi) is 4.29. The van der Waals surface area contributed by atoms with Gasteiger partial charge >= 0.3 is 0 Å². The minimum atomic E-state index is 0.874. The van der Waals surface area contributed by atoms with Crippen molar-refractivity contribution in [3.8, 4) is 0 Å². The van der Waals surface area contributed by atoms with Gasteiger partial charge in [0.05, 0.1) is 0 Å². The number of aromatic amines is 1. The molecule has 4 aromatic rings. The molecule has 0 saturated carbocycles. The predicted molar refractivity (Wildman–Crippen MR) is 102 cm³/mol. The van der Waals surface area contributed by atoms with E-state index < -0.39 is 0 Å². The van der Waals surface area contributed by atoms with Gasteiger partial charge in [-0.25, -0.2) is 4.98 Å². The highest BCUT2D eigenvalue weighted by molar-refractivity contribution is 5.79. The average Bonchev–Trinajstić information content (AvgIpc) is 3.07. The first-order valence-electron chi connectivity index (χ1n) is 8.30. The molecule has 4 rings (SSSR count). The van der Waals surface area contributed by atoms with Crippen LogP contribution in [-0.4, -0.2) is 21.5 Å². The lowest BCUT2D eigenvalue weighted by Gasteiger charge is -2.09. The normalized spacial score (nSPS) is 10.7. The van der Waals surface area contributed by atoms with Crippen molar-refractivity contribution in [2.24, 2.45) is 0 Å². The lowest BCUT2D eigenvalue weighted by atomic mass is 10.1. The first-order chi connectivity index (χ1) is 12.4. The summed E-state index contributed by atoms with van der Waals surface area (Å²) in [5, 5.41) is 8.01. The van der Waals surface area contributed by atoms with Gasteiger partial charge in [-0.2, -0.15) is 0 Å². The van der Waals surface area contributed by atoms with Crippen LogP contribution in [0.25, 0.3) is 11.0 Å². The predicted octanol–water partition coefficient (Wildman–Crippen LogP) is 4.36. The Bertz CT molecular complexity index is 945. The number of H-pyrrole nitrogens is 1. The molecule has 0 amide bonds. The first kappa shape index (κ1) is 15.2. The minimum absolute atomic E-state index is 0.874. The van der Waals surface area contributed by atoms with E-state index in [1.54, 1.807) is 12.4 Å². The van der Waals surface area contributed by atoms with Crippen molar-refractivity contribution in [2.45, 2.75) is 6.42 Å². The summed E-state index contributed by atoms with van der Waals surface area (Å²) >= 11 is 0. The molecule has 0 aliphatic rings. The van der Waals surface area contributed by atoms with Crippen LogP contribution in [0.4, 0.5) is 17.1 Å². The largest absolute Gasteiger partial charge is 0.385 e. The second-order valence-electron chi connectivity index (χ2n) is 5.83. The van der Waals surface area contributed by atoms with E-state index in [-0.39, 0.29) is 0 Å². The van der Waals surface area contributed by atoms with Crippen molar-refractivity contribution >= 4 is 28.1 Å². The second kappa shape index (κ2) is 7.05. The molecule has 0 fully saturated rings. The van der Waals surface area contributed by atoms with Crippen LogP contribution >= 0.6 is 0 Å². The fourth-order valence-corrected chi connectivity index (χ4v) is 2.83. The number of rotatable bonds is 6. The Labute approximate surface area is 146 Å². The molecule has 0 radical (unpaired) electrons. The lowest BCUT2D eigenvalue weighted by Crippen LogP contribution is -2.04. The van der Waals surface area contributed by atoms with E-state index in [4.69, 9.17) is 0 Å². The van der Waals surface area contributed by atoms with Crippen LogP contribution in [0.2, 0.25) is 0 Å². The highest BCUT2D eigenvalue weighted by Crippen LogP contribution is 2.19. The van der Waals surface area contributed by atoms with E-state index in [1.807, 2.05) is 30.6 Å². The Morgan fingerprint density at radius 2 is 1.60 bits per heavy atom. The van der Waals surface area contributed by atoms with Gasteiger partial charge in [-0.3, -0.25) is 4.98 Å². The van der Waals surface area contributed by atoms with Gasteiger partial charge in [-0.05, 0) is 60.5 Å². The third kappa shape index (κ3) is 3.61. The van der Waals surface area contributed by atoms with E-state index in [0.717, 1.165) is 35.7 Å². The van der Waals surface area contributed by atoms with Crippen molar-refractivity contribution in [3.63, 3.8) is 0 Å². The molecule has 0 bridgehead atoms. The van der Waals surface area contributed by atoms with Gasteiger partial charge in [0.25, 0.3) is 0 Å². The van der Waals surface area contributed by atoms with E-state index in [2.05, 4.69) is 55.9 Å². The number of hydrogen-bond acceptors (Lipinski definition) is 4. The van der Waals surface area contributed by atoms with E-state index >= 15 is 0 Å². The molecule has 3 N–H and O–H groups in total. The molecular formula is C20H19N5. The smallest absolute Gasteiger partial charge is 0.137 e. The van der Waals surface area contributed by atoms with E-state index in [1.165, 1.54) is 10.9 Å². The summed E-state index contributed by atoms with van der Waals surface area (Å²) in [6.45, 7) is 0.874. The molecule has 0 aliphatic carbocycles. The molecule has 3 aromatic heterocycles. The molecule has 124 valence electrons. The summed E-state index contributed by atoms with van der Waals surface area (Å²) in [6.07, 6.45) is 8.35. The lowest BCUT2D eigenvalue weighted by molar-refractivity contribution is 1.03. The van der Waals surface area contributed by atoms with Gasteiger partial charge in [0, 0.05) is 53.8 Å². The zero-order valence-corrected chi connectivity index (χ0v) is 13.7. The summed E-state index contributed by atoms with van der Waals surface area (Å²) in [5.41, 5.74) is 5.43. The highest BCUT2D eigenvalue weighted by Gasteiger charge is 2.03. The molecular weight excluding hydrogens is 310 g/mol. The molecule has 0 saturated heterocycles. The van der Waals surface area contributed by atoms with Crippen LogP contribution < -0.4 is 10.6 Å². The van der Waals surface area contributed by atoms with Crippen LogP contribution in [0.15, 0.2) is 73.3 Å². The van der Waals surface area contributed by atoms with Gasteiger partial charge in [-0.1, -0.05) is 0 Å². The number of anilines is 3. The number of nitrogens with zero attached hydrogens (tertiary/aromatic N) is 2. The second-order valence-corrected chi connectivity index (χ2v) is 5.83. The molecule has 25 heavy (non-hydrogen) atoms. The summed E-state index contributed by atoms with van der Waals surface area (Å²) in [4.78, 5) is 11.6. The zero-order chi connectivity index (χ0) is 16.9. The molecule has 5 nitrogen and oxygen atoms in total. The number of benzene rings is 1. The number of nitrogens with one attached hydrogen (secondary N) is 3.